The first-order valence-electron chi connectivity index (χ1n) is 6.41. The highest BCUT2D eigenvalue weighted by Gasteiger charge is 2.19. The molecular weight excluding hydrogens is 351 g/mol. The average Bonchev–Trinajstić information content (AvgIpc) is 2.84. The van der Waals surface area contributed by atoms with Gasteiger partial charge in [-0.3, -0.25) is 10.5 Å². The molecule has 0 fully saturated rings. The predicted octanol–water partition coefficient (Wildman–Crippen LogP) is 2.76. The summed E-state index contributed by atoms with van der Waals surface area (Å²) in [6.45, 7) is 5.16. The second-order valence-corrected chi connectivity index (χ2v) is 5.64. The van der Waals surface area contributed by atoms with Crippen LogP contribution in [0.3, 0.4) is 0 Å². The number of aryl methyl sites for hydroxylation is 2. The minimum atomic E-state index is -0.0270. The Hall–Kier alpha value is -0.920. The summed E-state index contributed by atoms with van der Waals surface area (Å²) in [5.41, 5.74) is 6.49. The van der Waals surface area contributed by atoms with E-state index >= 15 is 0 Å². The van der Waals surface area contributed by atoms with Crippen LogP contribution in [0.5, 0.6) is 0 Å². The molecule has 0 saturated carbocycles. The van der Waals surface area contributed by atoms with Crippen LogP contribution in [-0.2, 0) is 6.54 Å². The Morgan fingerprint density at radius 3 is 2.89 bits per heavy atom. The van der Waals surface area contributed by atoms with Gasteiger partial charge >= 0.3 is 0 Å². The summed E-state index contributed by atoms with van der Waals surface area (Å²) >= 11 is 2.38. The molecule has 0 aliphatic carbocycles. The molecule has 0 aliphatic rings. The molecule has 0 aliphatic heterocycles. The SMILES string of the molecule is CCCn1nccc1C(NN)c1cccc(C)c1I. The van der Waals surface area contributed by atoms with Gasteiger partial charge in [0.15, 0.2) is 0 Å². The lowest BCUT2D eigenvalue weighted by Crippen LogP contribution is -2.31. The van der Waals surface area contributed by atoms with Gasteiger partial charge < -0.3 is 0 Å². The molecule has 0 bridgehead atoms. The van der Waals surface area contributed by atoms with Crippen LogP contribution in [0, 0.1) is 10.5 Å². The van der Waals surface area contributed by atoms with Crippen LogP contribution in [0.2, 0.25) is 0 Å². The second kappa shape index (κ2) is 6.49. The van der Waals surface area contributed by atoms with Crippen molar-refractivity contribution in [1.29, 1.82) is 0 Å². The van der Waals surface area contributed by atoms with Crippen molar-refractivity contribution in [3.8, 4) is 0 Å². The van der Waals surface area contributed by atoms with Gasteiger partial charge in [-0.1, -0.05) is 25.1 Å². The van der Waals surface area contributed by atoms with Gasteiger partial charge in [0.05, 0.1) is 11.7 Å². The van der Waals surface area contributed by atoms with Crippen molar-refractivity contribution >= 4 is 22.6 Å². The Bertz CT molecular complexity index is 550. The number of rotatable bonds is 5. The Morgan fingerprint density at radius 2 is 2.21 bits per heavy atom. The molecule has 0 amide bonds. The molecule has 19 heavy (non-hydrogen) atoms. The van der Waals surface area contributed by atoms with Crippen molar-refractivity contribution in [2.75, 3.05) is 0 Å². The molecule has 1 unspecified atom stereocenters. The van der Waals surface area contributed by atoms with Crippen LogP contribution in [0.4, 0.5) is 0 Å². The maximum absolute atomic E-state index is 5.79. The number of nitrogens with two attached hydrogens (primary N) is 1. The number of hydrogen-bond donors (Lipinski definition) is 2. The van der Waals surface area contributed by atoms with E-state index in [-0.39, 0.29) is 6.04 Å². The van der Waals surface area contributed by atoms with E-state index in [1.54, 1.807) is 0 Å². The monoisotopic (exact) mass is 370 g/mol. The minimum absolute atomic E-state index is 0.0270. The molecule has 2 aromatic rings. The van der Waals surface area contributed by atoms with Crippen molar-refractivity contribution in [2.24, 2.45) is 5.84 Å². The number of hydrazine groups is 1. The Morgan fingerprint density at radius 1 is 1.42 bits per heavy atom. The van der Waals surface area contributed by atoms with Gasteiger partial charge in [-0.2, -0.15) is 5.10 Å². The number of benzene rings is 1. The highest BCUT2D eigenvalue weighted by atomic mass is 127. The Balaban J connectivity index is 2.44. The summed E-state index contributed by atoms with van der Waals surface area (Å²) in [6, 6.07) is 8.29. The summed E-state index contributed by atoms with van der Waals surface area (Å²) in [4.78, 5) is 0. The highest BCUT2D eigenvalue weighted by molar-refractivity contribution is 14.1. The van der Waals surface area contributed by atoms with E-state index in [0.29, 0.717) is 0 Å². The van der Waals surface area contributed by atoms with E-state index in [9.17, 15) is 0 Å². The molecule has 0 radical (unpaired) electrons. The number of nitrogens with one attached hydrogen (secondary N) is 1. The van der Waals surface area contributed by atoms with Crippen molar-refractivity contribution < 1.29 is 0 Å². The lowest BCUT2D eigenvalue weighted by Gasteiger charge is -2.20. The second-order valence-electron chi connectivity index (χ2n) is 4.56. The van der Waals surface area contributed by atoms with E-state index in [0.717, 1.165) is 18.7 Å². The predicted molar refractivity (Wildman–Crippen MR) is 85.6 cm³/mol. The molecular formula is C14H19IN4. The molecule has 102 valence electrons. The fraction of sp³-hybridized carbons (Fsp3) is 0.357. The largest absolute Gasteiger partial charge is 0.271 e. The zero-order valence-corrected chi connectivity index (χ0v) is 13.4. The summed E-state index contributed by atoms with van der Waals surface area (Å²) in [5, 5.41) is 4.37. The Kier molecular flexibility index (Phi) is 4.95. The van der Waals surface area contributed by atoms with Gasteiger partial charge in [0.1, 0.15) is 0 Å². The third kappa shape index (κ3) is 2.98. The third-order valence-electron chi connectivity index (χ3n) is 3.18. The van der Waals surface area contributed by atoms with Gasteiger partial charge in [-0.15, -0.1) is 0 Å². The molecule has 5 heteroatoms. The molecule has 2 rings (SSSR count). The molecule has 1 heterocycles. The first kappa shape index (κ1) is 14.5. The molecule has 4 nitrogen and oxygen atoms in total. The van der Waals surface area contributed by atoms with Crippen molar-refractivity contribution in [3.05, 3.63) is 50.9 Å². The summed E-state index contributed by atoms with van der Waals surface area (Å²) < 4.78 is 3.26. The van der Waals surface area contributed by atoms with E-state index in [1.165, 1.54) is 14.7 Å². The number of aromatic nitrogens is 2. The van der Waals surface area contributed by atoms with Gasteiger partial charge in [-0.05, 0) is 53.1 Å². The topological polar surface area (TPSA) is 55.9 Å². The molecule has 1 aromatic carbocycles. The van der Waals surface area contributed by atoms with Crippen molar-refractivity contribution in [1.82, 2.24) is 15.2 Å². The summed E-state index contributed by atoms with van der Waals surface area (Å²) in [5.74, 6) is 5.79. The van der Waals surface area contributed by atoms with E-state index in [4.69, 9.17) is 5.84 Å². The van der Waals surface area contributed by atoms with Crippen LogP contribution < -0.4 is 11.3 Å². The lowest BCUT2D eigenvalue weighted by molar-refractivity contribution is 0.520. The van der Waals surface area contributed by atoms with E-state index in [1.807, 2.05) is 16.9 Å². The maximum atomic E-state index is 5.79. The number of nitrogens with zero attached hydrogens (tertiary/aromatic N) is 2. The van der Waals surface area contributed by atoms with E-state index in [2.05, 4.69) is 65.2 Å². The van der Waals surface area contributed by atoms with Gasteiger partial charge in [0, 0.05) is 16.3 Å². The highest BCUT2D eigenvalue weighted by Crippen LogP contribution is 2.27. The van der Waals surface area contributed by atoms with Crippen LogP contribution in [0.1, 0.15) is 36.2 Å². The first-order chi connectivity index (χ1) is 9.19. The average molecular weight is 370 g/mol. The van der Waals surface area contributed by atoms with Crippen LogP contribution >= 0.6 is 22.6 Å². The molecule has 3 N–H and O–H groups in total. The van der Waals surface area contributed by atoms with Gasteiger partial charge in [0.2, 0.25) is 0 Å². The van der Waals surface area contributed by atoms with Gasteiger partial charge in [-0.25, -0.2) is 5.43 Å². The smallest absolute Gasteiger partial charge is 0.0888 e. The van der Waals surface area contributed by atoms with Crippen LogP contribution in [0.25, 0.3) is 0 Å². The molecule has 0 saturated heterocycles. The van der Waals surface area contributed by atoms with E-state index < -0.39 is 0 Å². The van der Waals surface area contributed by atoms with Crippen LogP contribution in [-0.4, -0.2) is 9.78 Å². The lowest BCUT2D eigenvalue weighted by atomic mass is 10.0. The summed E-state index contributed by atoms with van der Waals surface area (Å²) in [7, 11) is 0. The first-order valence-corrected chi connectivity index (χ1v) is 7.49. The zero-order chi connectivity index (χ0) is 13.8. The summed E-state index contributed by atoms with van der Waals surface area (Å²) in [6.07, 6.45) is 2.88. The third-order valence-corrected chi connectivity index (χ3v) is 4.65. The molecule has 1 atom stereocenters. The number of halogens is 1. The quantitative estimate of drug-likeness (QED) is 0.484. The zero-order valence-electron chi connectivity index (χ0n) is 11.2. The standard InChI is InChI=1S/C14H19IN4/c1-3-9-19-12(7-8-17-19)14(18-16)11-6-4-5-10(2)13(11)15/h4-8,14,18H,3,9,16H2,1-2H3. The number of hydrogen-bond acceptors (Lipinski definition) is 3. The molecule has 0 spiro atoms. The minimum Gasteiger partial charge on any atom is -0.271 e. The molecule has 1 aromatic heterocycles. The maximum Gasteiger partial charge on any atom is 0.0888 e. The normalized spacial score (nSPS) is 12.6. The Labute approximate surface area is 127 Å². The fourth-order valence-electron chi connectivity index (χ4n) is 2.21. The van der Waals surface area contributed by atoms with Gasteiger partial charge in [0.25, 0.3) is 0 Å². The van der Waals surface area contributed by atoms with Crippen molar-refractivity contribution in [3.63, 3.8) is 0 Å². The van der Waals surface area contributed by atoms with Crippen molar-refractivity contribution in [2.45, 2.75) is 32.9 Å². The fourth-order valence-corrected chi connectivity index (χ4v) is 2.89. The van der Waals surface area contributed by atoms with Crippen LogP contribution in [0.15, 0.2) is 30.5 Å².